The van der Waals surface area contributed by atoms with E-state index in [1.54, 1.807) is 24.3 Å². The van der Waals surface area contributed by atoms with Crippen LogP contribution >= 0.6 is 0 Å². The molecule has 0 bridgehead atoms. The van der Waals surface area contributed by atoms with Crippen LogP contribution in [-0.4, -0.2) is 12.4 Å². The van der Waals surface area contributed by atoms with E-state index < -0.39 is 25.6 Å². The lowest BCUT2D eigenvalue weighted by molar-refractivity contribution is -0.118. The second-order valence-corrected chi connectivity index (χ2v) is 2.48. The maximum absolute atomic E-state index is 11.3. The monoisotopic (exact) mass is 183 g/mol. The van der Waals surface area contributed by atoms with E-state index in [1.807, 2.05) is 6.07 Å². The molecule has 0 aliphatic carbocycles. The van der Waals surface area contributed by atoms with Crippen LogP contribution < -0.4 is 0 Å². The van der Waals surface area contributed by atoms with Gasteiger partial charge in [0.25, 0.3) is 0 Å². The molecule has 0 saturated carbocycles. The first kappa shape index (κ1) is 4.91. The third-order valence-corrected chi connectivity index (χ3v) is 1.45. The van der Waals surface area contributed by atoms with Crippen LogP contribution in [0.1, 0.15) is 25.6 Å². The zero-order valence-electron chi connectivity index (χ0n) is 12.1. The summed E-state index contributed by atoms with van der Waals surface area (Å²) in [6.45, 7) is -3.38. The number of carbonyl (C=O) groups excluding carboxylic acids is 1. The Morgan fingerprint density at radius 2 is 2.31 bits per heavy atom. The Balaban J connectivity index is 2.50. The summed E-state index contributed by atoms with van der Waals surface area (Å²) in [5.41, 5.74) is 0.828. The summed E-state index contributed by atoms with van der Waals surface area (Å²) >= 11 is 0. The zero-order valence-corrected chi connectivity index (χ0v) is 7.12. The van der Waals surface area contributed by atoms with Crippen LogP contribution in [-0.2, 0) is 16.1 Å². The van der Waals surface area contributed by atoms with Gasteiger partial charge in [0.2, 0.25) is 0 Å². The predicted octanol–water partition coefficient (Wildman–Crippen LogP) is 2.18. The van der Waals surface area contributed by atoms with E-state index in [4.69, 9.17) is 11.6 Å². The highest BCUT2D eigenvalue weighted by atomic mass is 16.5. The summed E-state index contributed by atoms with van der Waals surface area (Å²) in [7, 11) is 0. The minimum absolute atomic E-state index is 0.134. The van der Waals surface area contributed by atoms with Crippen LogP contribution in [0.4, 0.5) is 0 Å². The van der Waals surface area contributed by atoms with Gasteiger partial charge in [-0.1, -0.05) is 30.3 Å². The van der Waals surface area contributed by atoms with Crippen molar-refractivity contribution in [3.8, 4) is 0 Å². The zero-order chi connectivity index (χ0) is 13.8. The molecule has 0 atom stereocenters. The topological polar surface area (TPSA) is 26.3 Å². The molecule has 70 valence electrons. The third-order valence-electron chi connectivity index (χ3n) is 1.45. The average molecular weight is 183 g/mol. The van der Waals surface area contributed by atoms with E-state index in [0.29, 0.717) is 0 Å². The van der Waals surface area contributed by atoms with Gasteiger partial charge in [-0.05, 0) is 12.4 Å². The summed E-state index contributed by atoms with van der Waals surface area (Å²) in [6.07, 6.45) is -2.50. The fourth-order valence-corrected chi connectivity index (χ4v) is 0.860. The first-order valence-corrected chi connectivity index (χ1v) is 3.90. The highest BCUT2D eigenvalue weighted by molar-refractivity contribution is 5.75. The van der Waals surface area contributed by atoms with E-state index >= 15 is 0 Å². The van der Waals surface area contributed by atoms with E-state index in [0.717, 1.165) is 5.56 Å². The molecular weight excluding hydrogens is 164 g/mol. The van der Waals surface area contributed by atoms with Crippen molar-refractivity contribution in [3.05, 3.63) is 35.9 Å². The molecule has 0 amide bonds. The average Bonchev–Trinajstić information content (AvgIpc) is 2.28. The van der Waals surface area contributed by atoms with Crippen molar-refractivity contribution >= 4 is 5.78 Å². The molecule has 1 aromatic rings. The van der Waals surface area contributed by atoms with E-state index in [-0.39, 0.29) is 6.61 Å². The molecule has 0 N–H and O–H groups in total. The van der Waals surface area contributed by atoms with Gasteiger partial charge in [0.05, 0.1) is 13.2 Å². The first-order valence-electron chi connectivity index (χ1n) is 6.40. The van der Waals surface area contributed by atoms with Crippen molar-refractivity contribution in [1.82, 2.24) is 0 Å². The Kier molecular flexibility index (Phi) is 2.07. The van der Waals surface area contributed by atoms with E-state index in [9.17, 15) is 4.79 Å². The fraction of sp³-hybridized carbons (Fsp3) is 0.364. The number of ketones is 1. The lowest BCUT2D eigenvalue weighted by atomic mass is 10.2. The van der Waals surface area contributed by atoms with Crippen molar-refractivity contribution in [3.63, 3.8) is 0 Å². The second-order valence-electron chi connectivity index (χ2n) is 2.48. The van der Waals surface area contributed by atoms with Gasteiger partial charge in [-0.25, -0.2) is 0 Å². The molecule has 13 heavy (non-hydrogen) atoms. The summed E-state index contributed by atoms with van der Waals surface area (Å²) in [4.78, 5) is 11.3. The molecule has 0 aliphatic rings. The Labute approximate surface area is 85.6 Å². The highest BCUT2D eigenvalue weighted by Gasteiger charge is 1.94. The van der Waals surface area contributed by atoms with Gasteiger partial charge in [0, 0.05) is 13.2 Å². The number of Topliss-reactive ketones (excluding diaryl/α,β-unsaturated/α-hetero) is 1. The number of hydrogen-bond acceptors (Lipinski definition) is 2. The Morgan fingerprint density at radius 3 is 3.00 bits per heavy atom. The lowest BCUT2D eigenvalue weighted by Crippen LogP contribution is -2.00. The largest absolute Gasteiger partial charge is 0.376 e. The molecule has 0 heterocycles. The standard InChI is InChI=1S/C11H14O2/c1-10(12)7-8-13-9-11-5-3-2-4-6-11/h2-6H,7-9H2,1H3/i1D3,7D2. The molecule has 1 rings (SSSR count). The van der Waals surface area contributed by atoms with Crippen molar-refractivity contribution in [1.29, 1.82) is 0 Å². The van der Waals surface area contributed by atoms with Gasteiger partial charge < -0.3 is 4.74 Å². The molecule has 0 radical (unpaired) electrons. The smallest absolute Gasteiger partial charge is 0.132 e. The predicted molar refractivity (Wildman–Crippen MR) is 51.4 cm³/mol. The molecular formula is C11H14O2. The van der Waals surface area contributed by atoms with Crippen molar-refractivity contribution in [2.24, 2.45) is 0 Å². The van der Waals surface area contributed by atoms with Crippen LogP contribution in [0.25, 0.3) is 0 Å². The Morgan fingerprint density at radius 1 is 1.54 bits per heavy atom. The van der Waals surface area contributed by atoms with Crippen molar-refractivity contribution in [2.45, 2.75) is 19.8 Å². The SMILES string of the molecule is [2H]C([2H])([2H])C(=O)C([2H])([2H])COCc1ccccc1. The number of rotatable bonds is 5. The molecule has 1 aromatic carbocycles. The number of hydrogen-bond donors (Lipinski definition) is 0. The summed E-state index contributed by atoms with van der Waals surface area (Å²) in [5, 5.41) is 0. The molecule has 0 unspecified atom stereocenters. The quantitative estimate of drug-likeness (QED) is 0.699. The fourth-order valence-electron chi connectivity index (χ4n) is 0.860. The third kappa shape index (κ3) is 4.43. The summed E-state index contributed by atoms with van der Waals surface area (Å²) < 4.78 is 40.5. The molecule has 0 spiro atoms. The van der Waals surface area contributed by atoms with Gasteiger partial charge >= 0.3 is 0 Å². The summed E-state index contributed by atoms with van der Waals surface area (Å²) in [5.74, 6) is -1.43. The molecule has 0 saturated heterocycles. The number of ether oxygens (including phenoxy) is 1. The molecule has 0 aromatic heterocycles. The van der Waals surface area contributed by atoms with Gasteiger partial charge in [0.1, 0.15) is 5.78 Å². The second kappa shape index (κ2) is 5.49. The van der Waals surface area contributed by atoms with Crippen molar-refractivity contribution < 1.29 is 16.4 Å². The van der Waals surface area contributed by atoms with Gasteiger partial charge in [-0.15, -0.1) is 0 Å². The number of carbonyl (C=O) groups is 1. The maximum Gasteiger partial charge on any atom is 0.132 e. The molecule has 2 nitrogen and oxygen atoms in total. The Bertz CT molecular complexity index is 400. The normalized spacial score (nSPS) is 17.7. The Hall–Kier alpha value is -1.15. The van der Waals surface area contributed by atoms with E-state index in [1.165, 1.54) is 0 Å². The number of benzene rings is 1. The summed E-state index contributed by atoms with van der Waals surface area (Å²) in [6, 6.07) is 9.03. The molecule has 2 heteroatoms. The molecule has 0 fully saturated rings. The van der Waals surface area contributed by atoms with Crippen molar-refractivity contribution in [2.75, 3.05) is 6.61 Å². The van der Waals surface area contributed by atoms with Gasteiger partial charge in [-0.3, -0.25) is 4.79 Å². The maximum atomic E-state index is 11.3. The first-order chi connectivity index (χ1) is 8.23. The van der Waals surface area contributed by atoms with Crippen LogP contribution in [0.15, 0.2) is 30.3 Å². The van der Waals surface area contributed by atoms with Crippen LogP contribution in [0.3, 0.4) is 0 Å². The lowest BCUT2D eigenvalue weighted by Gasteiger charge is -2.01. The minimum atomic E-state index is -2.94. The van der Waals surface area contributed by atoms with Crippen LogP contribution in [0.2, 0.25) is 0 Å². The van der Waals surface area contributed by atoms with Crippen LogP contribution in [0.5, 0.6) is 0 Å². The minimum Gasteiger partial charge on any atom is -0.376 e. The van der Waals surface area contributed by atoms with E-state index in [2.05, 4.69) is 0 Å². The van der Waals surface area contributed by atoms with Crippen LogP contribution in [0, 0.1) is 0 Å². The van der Waals surface area contributed by atoms with Gasteiger partial charge in [-0.2, -0.15) is 0 Å². The molecule has 0 aliphatic heterocycles. The van der Waals surface area contributed by atoms with Gasteiger partial charge in [0.15, 0.2) is 0 Å². The highest BCUT2D eigenvalue weighted by Crippen LogP contribution is 2.00.